The van der Waals surface area contributed by atoms with Crippen LogP contribution >= 0.6 is 0 Å². The summed E-state index contributed by atoms with van der Waals surface area (Å²) in [5, 5.41) is 21.1. The van der Waals surface area contributed by atoms with Gasteiger partial charge in [-0.1, -0.05) is 13.3 Å². The average Bonchev–Trinajstić information content (AvgIpc) is 2.48. The van der Waals surface area contributed by atoms with Crippen molar-refractivity contribution in [2.24, 2.45) is 5.92 Å². The van der Waals surface area contributed by atoms with Gasteiger partial charge in [0, 0.05) is 12.0 Å². The van der Waals surface area contributed by atoms with Gasteiger partial charge in [-0.05, 0) is 12.8 Å². The fourth-order valence-electron chi connectivity index (χ4n) is 1.88. The second kappa shape index (κ2) is 4.61. The van der Waals surface area contributed by atoms with Crippen molar-refractivity contribution >= 4 is 0 Å². The molecule has 1 saturated heterocycles. The lowest BCUT2D eigenvalue weighted by Crippen LogP contribution is -2.38. The van der Waals surface area contributed by atoms with E-state index >= 15 is 0 Å². The van der Waals surface area contributed by atoms with Crippen molar-refractivity contribution in [3.8, 4) is 12.3 Å². The Hall–Kier alpha value is -0.560. The van der Waals surface area contributed by atoms with Gasteiger partial charge >= 0.3 is 0 Å². The van der Waals surface area contributed by atoms with Crippen molar-refractivity contribution in [2.45, 2.75) is 44.6 Å². The second-order valence-corrected chi connectivity index (χ2v) is 3.59. The lowest BCUT2D eigenvalue weighted by molar-refractivity contribution is -0.0637. The Morgan fingerprint density at radius 1 is 1.62 bits per heavy atom. The molecule has 0 aromatic carbocycles. The third-order valence-electron chi connectivity index (χ3n) is 2.60. The average molecular weight is 183 g/mol. The van der Waals surface area contributed by atoms with Gasteiger partial charge in [0.05, 0.1) is 6.04 Å². The van der Waals surface area contributed by atoms with Gasteiger partial charge in [0.1, 0.15) is 0 Å². The minimum Gasteiger partial charge on any atom is -0.367 e. The smallest absolute Gasteiger partial charge is 0.167 e. The molecule has 0 aliphatic carbocycles. The molecular weight excluding hydrogens is 166 g/mol. The zero-order valence-electron chi connectivity index (χ0n) is 7.90. The highest BCUT2D eigenvalue weighted by Gasteiger charge is 2.34. The third kappa shape index (κ3) is 2.44. The Morgan fingerprint density at radius 2 is 2.31 bits per heavy atom. The molecule has 3 heteroatoms. The fourth-order valence-corrected chi connectivity index (χ4v) is 1.88. The van der Waals surface area contributed by atoms with Crippen LogP contribution in [0.25, 0.3) is 0 Å². The van der Waals surface area contributed by atoms with Gasteiger partial charge in [0.15, 0.2) is 6.29 Å². The first kappa shape index (κ1) is 10.5. The predicted molar refractivity (Wildman–Crippen MR) is 50.8 cm³/mol. The molecule has 0 spiro atoms. The zero-order valence-corrected chi connectivity index (χ0v) is 7.90. The number of rotatable bonds is 3. The van der Waals surface area contributed by atoms with Gasteiger partial charge in [0.2, 0.25) is 0 Å². The van der Waals surface area contributed by atoms with Gasteiger partial charge in [0.25, 0.3) is 0 Å². The quantitative estimate of drug-likeness (QED) is 0.429. The van der Waals surface area contributed by atoms with E-state index in [4.69, 9.17) is 16.6 Å². The molecule has 0 amide bonds. The molecule has 3 atom stereocenters. The number of hydrogen-bond acceptors (Lipinski definition) is 3. The maximum Gasteiger partial charge on any atom is 0.167 e. The van der Waals surface area contributed by atoms with Crippen LogP contribution in [-0.4, -0.2) is 28.6 Å². The Bertz CT molecular complexity index is 198. The summed E-state index contributed by atoms with van der Waals surface area (Å²) in [6.45, 7) is 2.10. The van der Waals surface area contributed by atoms with Crippen LogP contribution < -0.4 is 5.32 Å². The maximum absolute atomic E-state index is 8.98. The Balaban J connectivity index is 2.52. The van der Waals surface area contributed by atoms with Crippen molar-refractivity contribution in [2.75, 3.05) is 0 Å². The SMILES string of the molecule is C#C[C@@H]1C[C@@H](C(O)O)N[C@@H]1CCC. The molecule has 0 radical (unpaired) electrons. The first-order valence-electron chi connectivity index (χ1n) is 4.77. The van der Waals surface area contributed by atoms with Crippen LogP contribution in [0, 0.1) is 18.3 Å². The molecular formula is C10H17NO2. The van der Waals surface area contributed by atoms with E-state index in [-0.39, 0.29) is 18.0 Å². The Kier molecular flexibility index (Phi) is 3.73. The van der Waals surface area contributed by atoms with Gasteiger partial charge in [-0.2, -0.15) is 0 Å². The van der Waals surface area contributed by atoms with Crippen LogP contribution in [-0.2, 0) is 0 Å². The number of terminal acetylenes is 1. The third-order valence-corrected chi connectivity index (χ3v) is 2.60. The van der Waals surface area contributed by atoms with Crippen LogP contribution in [0.15, 0.2) is 0 Å². The summed E-state index contributed by atoms with van der Waals surface area (Å²) >= 11 is 0. The van der Waals surface area contributed by atoms with E-state index in [9.17, 15) is 0 Å². The van der Waals surface area contributed by atoms with E-state index in [2.05, 4.69) is 18.2 Å². The van der Waals surface area contributed by atoms with Crippen molar-refractivity contribution in [3.05, 3.63) is 0 Å². The summed E-state index contributed by atoms with van der Waals surface area (Å²) in [5.74, 6) is 2.84. The van der Waals surface area contributed by atoms with E-state index in [0.717, 1.165) is 12.8 Å². The Morgan fingerprint density at radius 3 is 2.77 bits per heavy atom. The molecule has 1 rings (SSSR count). The highest BCUT2D eigenvalue weighted by atomic mass is 16.5. The molecule has 3 nitrogen and oxygen atoms in total. The Labute approximate surface area is 79.2 Å². The van der Waals surface area contributed by atoms with Crippen LogP contribution in [0.1, 0.15) is 26.2 Å². The highest BCUT2D eigenvalue weighted by Crippen LogP contribution is 2.24. The summed E-state index contributed by atoms with van der Waals surface area (Å²) in [4.78, 5) is 0. The van der Waals surface area contributed by atoms with Gasteiger partial charge in [-0.25, -0.2) is 0 Å². The number of aliphatic hydroxyl groups is 2. The largest absolute Gasteiger partial charge is 0.367 e. The standard InChI is InChI=1S/C10H17NO2/c1-3-5-8-7(4-2)6-9(11-8)10(12)13/h2,7-13H,3,5-6H2,1H3/t7-,8-,9+/m1/s1. The lowest BCUT2D eigenvalue weighted by atomic mass is 9.97. The van der Waals surface area contributed by atoms with E-state index in [1.807, 2.05) is 0 Å². The molecule has 1 aliphatic heterocycles. The van der Waals surface area contributed by atoms with Crippen molar-refractivity contribution < 1.29 is 10.2 Å². The minimum absolute atomic E-state index is 0.145. The van der Waals surface area contributed by atoms with Crippen molar-refractivity contribution in [3.63, 3.8) is 0 Å². The molecule has 0 bridgehead atoms. The number of nitrogens with one attached hydrogen (secondary N) is 1. The second-order valence-electron chi connectivity index (χ2n) is 3.59. The van der Waals surface area contributed by atoms with Gasteiger partial charge in [-0.15, -0.1) is 12.3 Å². The molecule has 13 heavy (non-hydrogen) atoms. The summed E-state index contributed by atoms with van der Waals surface area (Å²) in [6.07, 6.45) is 6.79. The van der Waals surface area contributed by atoms with Crippen LogP contribution in [0.3, 0.4) is 0 Å². The predicted octanol–water partition coefficient (Wildman–Crippen LogP) is 0.0771. The highest BCUT2D eigenvalue weighted by molar-refractivity contribution is 5.06. The van der Waals surface area contributed by atoms with Crippen LogP contribution in [0.2, 0.25) is 0 Å². The van der Waals surface area contributed by atoms with E-state index < -0.39 is 6.29 Å². The van der Waals surface area contributed by atoms with Crippen LogP contribution in [0.5, 0.6) is 0 Å². The molecule has 1 heterocycles. The van der Waals surface area contributed by atoms with E-state index in [0.29, 0.717) is 6.42 Å². The molecule has 3 N–H and O–H groups in total. The normalized spacial score (nSPS) is 33.6. The molecule has 0 aromatic rings. The van der Waals surface area contributed by atoms with E-state index in [1.165, 1.54) is 0 Å². The monoisotopic (exact) mass is 183 g/mol. The molecule has 1 fully saturated rings. The summed E-state index contributed by atoms with van der Waals surface area (Å²) in [6, 6.07) is -0.000556. The van der Waals surface area contributed by atoms with Gasteiger partial charge < -0.3 is 15.5 Å². The topological polar surface area (TPSA) is 52.5 Å². The van der Waals surface area contributed by atoms with E-state index in [1.54, 1.807) is 0 Å². The first-order valence-corrected chi connectivity index (χ1v) is 4.77. The maximum atomic E-state index is 8.98. The molecule has 1 aliphatic rings. The summed E-state index contributed by atoms with van der Waals surface area (Å²) < 4.78 is 0. The molecule has 0 saturated carbocycles. The molecule has 0 unspecified atom stereocenters. The summed E-state index contributed by atoms with van der Waals surface area (Å²) in [7, 11) is 0. The summed E-state index contributed by atoms with van der Waals surface area (Å²) in [5.41, 5.74) is 0. The fraction of sp³-hybridized carbons (Fsp3) is 0.800. The van der Waals surface area contributed by atoms with Crippen LogP contribution in [0.4, 0.5) is 0 Å². The number of hydrogen-bond donors (Lipinski definition) is 3. The van der Waals surface area contributed by atoms with Crippen molar-refractivity contribution in [1.29, 1.82) is 0 Å². The first-order chi connectivity index (χ1) is 6.19. The van der Waals surface area contributed by atoms with Gasteiger partial charge in [-0.3, -0.25) is 0 Å². The lowest BCUT2D eigenvalue weighted by Gasteiger charge is -2.15. The number of aliphatic hydroxyl groups excluding tert-OH is 1. The molecule has 0 aromatic heterocycles. The zero-order chi connectivity index (χ0) is 9.84. The minimum atomic E-state index is -1.29. The van der Waals surface area contributed by atoms with Crippen molar-refractivity contribution in [1.82, 2.24) is 5.32 Å². The molecule has 74 valence electrons.